The van der Waals surface area contributed by atoms with Crippen LogP contribution in [0.1, 0.15) is 393 Å². The summed E-state index contributed by atoms with van der Waals surface area (Å²) in [6, 6.07) is -0.630. The fourth-order valence-corrected chi connectivity index (χ4v) is 11.1. The average molecular weight is 1080 g/mol. The molecule has 0 aromatic heterocycles. The predicted molar refractivity (Wildman–Crippen MR) is 338 cm³/mol. The summed E-state index contributed by atoms with van der Waals surface area (Å²) in [7, 11) is 0. The molecule has 0 aliphatic rings. The number of hydrogen-bond donors (Lipinski definition) is 3. The highest BCUT2D eigenvalue weighted by Crippen LogP contribution is 2.19. The SMILES string of the molecule is CCCCCCCCC/C=C\CCCCCCCC(=O)OCCCCCCCCCCCCCCCCCCCCCCCC(=O)NC(CO)C(O)/C=C/CCCCCCCCCCCCCCCCCCCCCCC. The molecule has 0 spiro atoms. The third-order valence-electron chi connectivity index (χ3n) is 16.5. The third kappa shape index (κ3) is 63.4. The molecule has 456 valence electrons. The standard InChI is InChI=1S/C71H137NO5/c1-3-5-7-9-11-13-15-17-19-21-22-23-24-26-29-32-35-39-43-47-51-55-59-63-69(74)68(67-73)72-70(75)64-60-56-52-48-44-40-36-33-30-27-25-28-31-34-38-42-46-50-54-58-62-66-77-71(76)65-61-57-53-49-45-41-37-20-18-16-14-12-10-8-6-4-2/h20,37,59,63,68-69,73-74H,3-19,21-36,38-58,60-62,64-67H2,1-2H3,(H,72,75)/b37-20-,63-59+. The van der Waals surface area contributed by atoms with Gasteiger partial charge in [0.15, 0.2) is 0 Å². The Morgan fingerprint density at radius 2 is 0.610 bits per heavy atom. The largest absolute Gasteiger partial charge is 0.466 e. The van der Waals surface area contributed by atoms with Gasteiger partial charge in [-0.3, -0.25) is 9.59 Å². The van der Waals surface area contributed by atoms with Gasteiger partial charge in [-0.15, -0.1) is 0 Å². The number of allylic oxidation sites excluding steroid dienone is 3. The van der Waals surface area contributed by atoms with Gasteiger partial charge in [0.25, 0.3) is 0 Å². The Balaban J connectivity index is 3.41. The first-order valence-electron chi connectivity index (χ1n) is 35.1. The fourth-order valence-electron chi connectivity index (χ4n) is 11.1. The van der Waals surface area contributed by atoms with Gasteiger partial charge in [-0.05, 0) is 57.8 Å². The van der Waals surface area contributed by atoms with Crippen molar-refractivity contribution in [1.82, 2.24) is 5.32 Å². The minimum Gasteiger partial charge on any atom is -0.466 e. The number of aliphatic hydroxyl groups is 2. The molecule has 0 aromatic carbocycles. The van der Waals surface area contributed by atoms with Gasteiger partial charge in [0, 0.05) is 12.8 Å². The van der Waals surface area contributed by atoms with E-state index in [0.29, 0.717) is 19.4 Å². The quantitative estimate of drug-likeness (QED) is 0.0320. The zero-order chi connectivity index (χ0) is 55.7. The Bertz CT molecular complexity index is 1200. The van der Waals surface area contributed by atoms with Crippen LogP contribution in [0.15, 0.2) is 24.3 Å². The zero-order valence-electron chi connectivity index (χ0n) is 52.2. The van der Waals surface area contributed by atoms with Gasteiger partial charge in [-0.2, -0.15) is 0 Å². The Morgan fingerprint density at radius 1 is 0.351 bits per heavy atom. The van der Waals surface area contributed by atoms with E-state index in [1.54, 1.807) is 6.08 Å². The highest BCUT2D eigenvalue weighted by molar-refractivity contribution is 5.76. The lowest BCUT2D eigenvalue weighted by Crippen LogP contribution is -2.45. The van der Waals surface area contributed by atoms with Gasteiger partial charge in [0.1, 0.15) is 0 Å². The molecule has 0 aromatic rings. The van der Waals surface area contributed by atoms with Crippen molar-refractivity contribution in [3.05, 3.63) is 24.3 Å². The van der Waals surface area contributed by atoms with Crippen LogP contribution < -0.4 is 5.32 Å². The van der Waals surface area contributed by atoms with Crippen molar-refractivity contribution in [3.63, 3.8) is 0 Å². The second-order valence-electron chi connectivity index (χ2n) is 24.2. The maximum Gasteiger partial charge on any atom is 0.305 e. The predicted octanol–water partition coefficient (Wildman–Crippen LogP) is 22.5. The summed E-state index contributed by atoms with van der Waals surface area (Å²) in [4.78, 5) is 24.6. The molecule has 0 fully saturated rings. The van der Waals surface area contributed by atoms with E-state index in [9.17, 15) is 19.8 Å². The van der Waals surface area contributed by atoms with Crippen LogP contribution in [0.3, 0.4) is 0 Å². The lowest BCUT2D eigenvalue weighted by molar-refractivity contribution is -0.143. The first-order chi connectivity index (χ1) is 38.0. The van der Waals surface area contributed by atoms with E-state index in [-0.39, 0.29) is 18.5 Å². The van der Waals surface area contributed by atoms with E-state index >= 15 is 0 Å². The molecular weight excluding hydrogens is 947 g/mol. The van der Waals surface area contributed by atoms with E-state index in [1.807, 2.05) is 6.08 Å². The van der Waals surface area contributed by atoms with Gasteiger partial charge >= 0.3 is 5.97 Å². The van der Waals surface area contributed by atoms with Crippen LogP contribution >= 0.6 is 0 Å². The van der Waals surface area contributed by atoms with Crippen LogP contribution in [0.25, 0.3) is 0 Å². The van der Waals surface area contributed by atoms with Crippen molar-refractivity contribution in [3.8, 4) is 0 Å². The van der Waals surface area contributed by atoms with Crippen LogP contribution in [-0.4, -0.2) is 47.4 Å². The van der Waals surface area contributed by atoms with Gasteiger partial charge < -0.3 is 20.3 Å². The van der Waals surface area contributed by atoms with Crippen molar-refractivity contribution in [2.75, 3.05) is 13.2 Å². The number of unbranched alkanes of at least 4 members (excludes halogenated alkanes) is 53. The number of hydrogen-bond acceptors (Lipinski definition) is 5. The maximum atomic E-state index is 12.5. The molecule has 6 heteroatoms. The van der Waals surface area contributed by atoms with E-state index in [0.717, 1.165) is 44.9 Å². The number of rotatable bonds is 66. The van der Waals surface area contributed by atoms with Crippen molar-refractivity contribution < 1.29 is 24.5 Å². The Hall–Kier alpha value is -1.66. The van der Waals surface area contributed by atoms with E-state index in [4.69, 9.17) is 4.74 Å². The molecule has 0 aliphatic heterocycles. The molecule has 3 N–H and O–H groups in total. The summed E-state index contributed by atoms with van der Waals surface area (Å²) in [6.45, 7) is 4.93. The van der Waals surface area contributed by atoms with Crippen molar-refractivity contribution in [2.45, 2.75) is 405 Å². The summed E-state index contributed by atoms with van der Waals surface area (Å²) in [5.74, 6) is -0.0598. The molecule has 0 heterocycles. The summed E-state index contributed by atoms with van der Waals surface area (Å²) < 4.78 is 5.49. The second kappa shape index (κ2) is 66.8. The highest BCUT2D eigenvalue weighted by atomic mass is 16.5. The molecule has 0 saturated carbocycles. The summed E-state index contributed by atoms with van der Waals surface area (Å²) in [5.41, 5.74) is 0. The molecule has 1 amide bonds. The van der Waals surface area contributed by atoms with Crippen LogP contribution in [0, 0.1) is 0 Å². The Morgan fingerprint density at radius 3 is 0.922 bits per heavy atom. The van der Waals surface area contributed by atoms with Crippen LogP contribution in [0.5, 0.6) is 0 Å². The molecule has 0 aliphatic carbocycles. The number of esters is 1. The molecular formula is C71H137NO5. The molecule has 77 heavy (non-hydrogen) atoms. The normalized spacial score (nSPS) is 12.6. The molecule has 6 nitrogen and oxygen atoms in total. The van der Waals surface area contributed by atoms with Gasteiger partial charge in [0.05, 0.1) is 25.4 Å². The number of nitrogens with one attached hydrogen (secondary N) is 1. The van der Waals surface area contributed by atoms with E-state index in [2.05, 4.69) is 31.3 Å². The van der Waals surface area contributed by atoms with Crippen molar-refractivity contribution >= 4 is 11.9 Å². The summed E-state index contributed by atoms with van der Waals surface area (Å²) >= 11 is 0. The zero-order valence-corrected chi connectivity index (χ0v) is 52.2. The van der Waals surface area contributed by atoms with Crippen molar-refractivity contribution in [1.29, 1.82) is 0 Å². The lowest BCUT2D eigenvalue weighted by atomic mass is 10.0. The average Bonchev–Trinajstić information content (AvgIpc) is 3.43. The fraction of sp³-hybridized carbons (Fsp3) is 0.915. The molecule has 0 bridgehead atoms. The number of carbonyl (C=O) groups is 2. The number of carbonyl (C=O) groups excluding carboxylic acids is 2. The molecule has 2 unspecified atom stereocenters. The summed E-state index contributed by atoms with van der Waals surface area (Å²) in [6.07, 6.45) is 83.9. The van der Waals surface area contributed by atoms with E-state index < -0.39 is 12.1 Å². The Labute approximate surface area is 481 Å². The van der Waals surface area contributed by atoms with Crippen LogP contribution in [-0.2, 0) is 14.3 Å². The third-order valence-corrected chi connectivity index (χ3v) is 16.5. The van der Waals surface area contributed by atoms with Crippen LogP contribution in [0.4, 0.5) is 0 Å². The number of aliphatic hydroxyl groups excluding tert-OH is 2. The van der Waals surface area contributed by atoms with E-state index in [1.165, 1.54) is 321 Å². The van der Waals surface area contributed by atoms with Crippen LogP contribution in [0.2, 0.25) is 0 Å². The topological polar surface area (TPSA) is 95.9 Å². The number of amides is 1. The maximum absolute atomic E-state index is 12.5. The Kier molecular flexibility index (Phi) is 65.4. The smallest absolute Gasteiger partial charge is 0.305 e. The molecule has 2 atom stereocenters. The first kappa shape index (κ1) is 75.3. The van der Waals surface area contributed by atoms with Gasteiger partial charge in [-0.25, -0.2) is 0 Å². The second-order valence-corrected chi connectivity index (χ2v) is 24.2. The van der Waals surface area contributed by atoms with Gasteiger partial charge in [0.2, 0.25) is 5.91 Å². The molecule has 0 radical (unpaired) electrons. The van der Waals surface area contributed by atoms with Crippen molar-refractivity contribution in [2.24, 2.45) is 0 Å². The monoisotopic (exact) mass is 1080 g/mol. The molecule has 0 saturated heterocycles. The molecule has 0 rings (SSSR count). The summed E-state index contributed by atoms with van der Waals surface area (Å²) in [5, 5.41) is 23.3. The van der Waals surface area contributed by atoms with Gasteiger partial charge in [-0.1, -0.05) is 346 Å². The minimum absolute atomic E-state index is 0.00495. The first-order valence-corrected chi connectivity index (χ1v) is 35.1. The number of ether oxygens (including phenoxy) is 1. The highest BCUT2D eigenvalue weighted by Gasteiger charge is 2.18. The minimum atomic E-state index is -0.847. The lowest BCUT2D eigenvalue weighted by Gasteiger charge is -2.20.